The second kappa shape index (κ2) is 8.95. The van der Waals surface area contributed by atoms with E-state index in [2.05, 4.69) is 17.4 Å². The van der Waals surface area contributed by atoms with Crippen molar-refractivity contribution in [3.05, 3.63) is 82.1 Å². The van der Waals surface area contributed by atoms with Gasteiger partial charge in [0.15, 0.2) is 0 Å². The van der Waals surface area contributed by atoms with Crippen LogP contribution in [-0.2, 0) is 15.0 Å². The molecule has 1 N–H and O–H groups in total. The Morgan fingerprint density at radius 2 is 1.59 bits per heavy atom. The van der Waals surface area contributed by atoms with Gasteiger partial charge in [0.2, 0.25) is 0 Å². The minimum absolute atomic E-state index is 0.163. The fourth-order valence-electron chi connectivity index (χ4n) is 7.90. The van der Waals surface area contributed by atoms with E-state index in [1.807, 2.05) is 25.1 Å². The van der Waals surface area contributed by atoms with Gasteiger partial charge in [-0.2, -0.15) is 0 Å². The molecular formula is C32H29ClN2O4. The molecule has 7 heteroatoms. The van der Waals surface area contributed by atoms with Crippen LogP contribution in [0.1, 0.15) is 55.4 Å². The topological polar surface area (TPSA) is 79.6 Å². The summed E-state index contributed by atoms with van der Waals surface area (Å²) in [6.45, 7) is 1.95. The number of imide groups is 2. The van der Waals surface area contributed by atoms with E-state index in [0.717, 1.165) is 33.8 Å². The van der Waals surface area contributed by atoms with Gasteiger partial charge in [-0.1, -0.05) is 29.8 Å². The van der Waals surface area contributed by atoms with Gasteiger partial charge >= 0.3 is 6.03 Å². The van der Waals surface area contributed by atoms with Crippen molar-refractivity contribution in [2.24, 2.45) is 17.8 Å². The van der Waals surface area contributed by atoms with Gasteiger partial charge in [0.25, 0.3) is 11.8 Å². The zero-order chi connectivity index (χ0) is 26.9. The smallest absolute Gasteiger partial charge is 0.335 e. The molecule has 0 spiro atoms. The monoisotopic (exact) mass is 540 g/mol. The summed E-state index contributed by atoms with van der Waals surface area (Å²) in [5.74, 6) is 1.96. The van der Waals surface area contributed by atoms with E-state index >= 15 is 0 Å². The summed E-state index contributed by atoms with van der Waals surface area (Å²) in [7, 11) is 0. The van der Waals surface area contributed by atoms with Crippen molar-refractivity contribution in [2.75, 3.05) is 4.90 Å². The highest BCUT2D eigenvalue weighted by molar-refractivity contribution is 6.39. The van der Waals surface area contributed by atoms with Crippen LogP contribution in [0, 0.1) is 24.7 Å². The Morgan fingerprint density at radius 3 is 2.26 bits per heavy atom. The van der Waals surface area contributed by atoms with Gasteiger partial charge in [0.05, 0.1) is 5.69 Å². The number of aryl methyl sites for hydroxylation is 1. The van der Waals surface area contributed by atoms with Crippen LogP contribution in [0.5, 0.6) is 0 Å². The molecule has 8 rings (SSSR count). The molecule has 198 valence electrons. The maximum absolute atomic E-state index is 13.5. The quantitative estimate of drug-likeness (QED) is 0.284. The minimum atomic E-state index is -0.751. The van der Waals surface area contributed by atoms with Gasteiger partial charge in [-0.3, -0.25) is 14.9 Å². The average molecular weight is 541 g/mol. The molecule has 4 aliphatic carbocycles. The van der Waals surface area contributed by atoms with Gasteiger partial charge in [-0.15, -0.1) is 0 Å². The van der Waals surface area contributed by atoms with Gasteiger partial charge < -0.3 is 4.42 Å². The van der Waals surface area contributed by atoms with Gasteiger partial charge in [-0.25, -0.2) is 9.69 Å². The largest absolute Gasteiger partial charge is 0.457 e. The molecule has 4 amide bonds. The minimum Gasteiger partial charge on any atom is -0.457 e. The van der Waals surface area contributed by atoms with E-state index in [4.69, 9.17) is 16.0 Å². The second-order valence-corrected chi connectivity index (χ2v) is 12.3. The maximum Gasteiger partial charge on any atom is 0.335 e. The Morgan fingerprint density at radius 1 is 0.923 bits per heavy atom. The molecule has 4 bridgehead atoms. The Balaban J connectivity index is 1.16. The van der Waals surface area contributed by atoms with Crippen molar-refractivity contribution >= 4 is 41.2 Å². The summed E-state index contributed by atoms with van der Waals surface area (Å²) >= 11 is 6.15. The molecule has 2 heterocycles. The third kappa shape index (κ3) is 4.13. The van der Waals surface area contributed by atoms with Gasteiger partial charge in [-0.05, 0) is 122 Å². The van der Waals surface area contributed by atoms with Crippen LogP contribution in [-0.4, -0.2) is 17.8 Å². The molecule has 0 radical (unpaired) electrons. The highest BCUT2D eigenvalue weighted by atomic mass is 35.5. The van der Waals surface area contributed by atoms with E-state index in [-0.39, 0.29) is 11.0 Å². The zero-order valence-electron chi connectivity index (χ0n) is 21.7. The molecule has 5 fully saturated rings. The first-order valence-electron chi connectivity index (χ1n) is 13.7. The number of furan rings is 1. The van der Waals surface area contributed by atoms with Gasteiger partial charge in [0.1, 0.15) is 17.1 Å². The van der Waals surface area contributed by atoms with Crippen LogP contribution in [0.4, 0.5) is 10.5 Å². The Kier molecular flexibility index (Phi) is 5.60. The van der Waals surface area contributed by atoms with E-state index < -0.39 is 17.8 Å². The highest BCUT2D eigenvalue weighted by Crippen LogP contribution is 2.60. The Hall–Kier alpha value is -3.64. The van der Waals surface area contributed by atoms with E-state index in [0.29, 0.717) is 22.2 Å². The lowest BCUT2D eigenvalue weighted by Gasteiger charge is -2.57. The molecule has 6 nitrogen and oxygen atoms in total. The molecule has 5 aliphatic rings. The summed E-state index contributed by atoms with van der Waals surface area (Å²) in [6.07, 6.45) is 9.22. The predicted molar refractivity (Wildman–Crippen MR) is 149 cm³/mol. The molecular weight excluding hydrogens is 512 g/mol. The lowest BCUT2D eigenvalue weighted by Crippen LogP contribution is -2.54. The predicted octanol–water partition coefficient (Wildman–Crippen LogP) is 7.04. The maximum atomic E-state index is 13.5. The Labute approximate surface area is 232 Å². The molecule has 0 atom stereocenters. The number of urea groups is 1. The number of rotatable bonds is 4. The molecule has 2 aromatic carbocycles. The van der Waals surface area contributed by atoms with Crippen molar-refractivity contribution in [3.8, 4) is 11.3 Å². The first-order valence-corrected chi connectivity index (χ1v) is 14.0. The average Bonchev–Trinajstić information content (AvgIpc) is 3.36. The number of hydrogen-bond donors (Lipinski definition) is 1. The van der Waals surface area contributed by atoms with E-state index in [9.17, 15) is 14.4 Å². The third-order valence-electron chi connectivity index (χ3n) is 9.26. The van der Waals surface area contributed by atoms with E-state index in [1.54, 1.807) is 24.3 Å². The number of nitrogens with one attached hydrogen (secondary N) is 1. The van der Waals surface area contributed by atoms with Crippen molar-refractivity contribution < 1.29 is 18.8 Å². The van der Waals surface area contributed by atoms with Crippen LogP contribution in [0.3, 0.4) is 0 Å². The molecule has 3 aromatic rings. The number of carbonyl (C=O) groups is 3. The number of benzene rings is 2. The first-order chi connectivity index (χ1) is 18.8. The van der Waals surface area contributed by atoms with Crippen LogP contribution in [0.25, 0.3) is 17.4 Å². The summed E-state index contributed by atoms with van der Waals surface area (Å²) in [6, 6.07) is 16.0. The summed E-state index contributed by atoms with van der Waals surface area (Å²) in [5.41, 5.74) is 3.61. The van der Waals surface area contributed by atoms with Crippen molar-refractivity contribution in [3.63, 3.8) is 0 Å². The van der Waals surface area contributed by atoms with Crippen LogP contribution in [0.2, 0.25) is 5.02 Å². The molecule has 0 unspecified atom stereocenters. The van der Waals surface area contributed by atoms with E-state index in [1.165, 1.54) is 50.2 Å². The van der Waals surface area contributed by atoms with Crippen LogP contribution in [0.15, 0.2) is 64.6 Å². The molecule has 39 heavy (non-hydrogen) atoms. The summed E-state index contributed by atoms with van der Waals surface area (Å²) < 4.78 is 5.93. The SMILES string of the molecule is Cc1ccc(Cl)cc1-c1ccc(/C=C2\C(=O)NC(=O)N(c3ccc(C45CC6CC(CC(C6)C4)C5)cc3)C2=O)o1. The molecule has 1 aromatic heterocycles. The first kappa shape index (κ1) is 24.4. The van der Waals surface area contributed by atoms with Crippen LogP contribution >= 0.6 is 11.6 Å². The van der Waals surface area contributed by atoms with Gasteiger partial charge in [0, 0.05) is 10.6 Å². The second-order valence-electron chi connectivity index (χ2n) is 11.9. The fourth-order valence-corrected chi connectivity index (χ4v) is 8.07. The normalized spacial score (nSPS) is 28.9. The zero-order valence-corrected chi connectivity index (χ0v) is 22.5. The number of barbiturate groups is 1. The Bertz CT molecular complexity index is 1520. The number of anilines is 1. The fraction of sp³-hybridized carbons (Fsp3) is 0.344. The standard InChI is InChI=1S/C32H29ClN2O4/c1-18-2-5-23(33)13-26(18)28-9-8-25(39-28)14-27-29(36)34-31(38)35(30(27)37)24-6-3-22(4-7-24)32-15-19-10-20(16-32)12-21(11-19)17-32/h2-9,13-14,19-21H,10-12,15-17H2,1H3,(H,34,36,38)/b27-14+. The molecule has 4 saturated carbocycles. The molecule has 1 saturated heterocycles. The van der Waals surface area contributed by atoms with Crippen molar-refractivity contribution in [1.82, 2.24) is 5.32 Å². The highest BCUT2D eigenvalue weighted by Gasteiger charge is 2.51. The lowest BCUT2D eigenvalue weighted by atomic mass is 9.48. The number of halogens is 1. The lowest BCUT2D eigenvalue weighted by molar-refractivity contribution is -0.122. The van der Waals surface area contributed by atoms with Crippen molar-refractivity contribution in [1.29, 1.82) is 0 Å². The number of carbonyl (C=O) groups excluding carboxylic acids is 3. The third-order valence-corrected chi connectivity index (χ3v) is 9.49. The number of nitrogens with zero attached hydrogens (tertiary/aromatic N) is 1. The summed E-state index contributed by atoms with van der Waals surface area (Å²) in [4.78, 5) is 39.9. The van der Waals surface area contributed by atoms with Crippen molar-refractivity contribution in [2.45, 2.75) is 50.9 Å². The van der Waals surface area contributed by atoms with Crippen LogP contribution < -0.4 is 10.2 Å². The molecule has 1 aliphatic heterocycles. The number of hydrogen-bond acceptors (Lipinski definition) is 4. The summed E-state index contributed by atoms with van der Waals surface area (Å²) in [5, 5.41) is 2.89. The number of amides is 4.